The van der Waals surface area contributed by atoms with Crippen molar-refractivity contribution in [2.45, 2.75) is 0 Å². The van der Waals surface area contributed by atoms with Crippen molar-refractivity contribution < 1.29 is 0 Å². The van der Waals surface area contributed by atoms with Gasteiger partial charge in [0.2, 0.25) is 0 Å². The minimum atomic E-state index is 1.17. The molecule has 0 fully saturated rings. The van der Waals surface area contributed by atoms with Crippen molar-refractivity contribution in [3.63, 3.8) is 0 Å². The largest absolute Gasteiger partial charge is 0.309 e. The second-order valence-electron chi connectivity index (χ2n) is 16.4. The molecule has 0 aliphatic carbocycles. The lowest BCUT2D eigenvalue weighted by Crippen LogP contribution is -1.93. The second kappa shape index (κ2) is 10.5. The summed E-state index contributed by atoms with van der Waals surface area (Å²) >= 11 is 0. The highest BCUT2D eigenvalue weighted by Crippen LogP contribution is 2.51. The SMILES string of the molecule is c1ccc(-n2c3ccccc3c3cc(-c4cccc5c6c7ccccc7cc7c8c9c%10c%11ccccc%11cc%11c%12ccccc%12n(c9ccc8n(c45)c76)c%11%10)ccc32)cc1. The van der Waals surface area contributed by atoms with E-state index in [0.717, 1.165) is 0 Å². The highest BCUT2D eigenvalue weighted by atomic mass is 15.0. The van der Waals surface area contributed by atoms with Crippen molar-refractivity contribution in [3.8, 4) is 16.8 Å². The standard InChI is InChI=1S/C56H31N3/c1-2-15-35(16-3-1)57-45-23-10-8-19-39(45)42-29-34(25-26-47(42)57)38-21-12-22-41-50-36-17-6-4-14-33(36)31-44-51-48(59(54(38)41)56(44)50)27-28-49-53(51)52-37-18-7-5-13-32(37)30-43-40-20-9-11-24-46(40)58(49)55(43)52/h1-31H. The molecule has 0 saturated carbocycles. The van der Waals surface area contributed by atoms with Crippen molar-refractivity contribution in [3.05, 3.63) is 188 Å². The molecule has 0 bridgehead atoms. The summed E-state index contributed by atoms with van der Waals surface area (Å²) in [5, 5.41) is 18.2. The van der Waals surface area contributed by atoms with Gasteiger partial charge in [-0.25, -0.2) is 0 Å². The lowest BCUT2D eigenvalue weighted by atomic mass is 9.95. The minimum absolute atomic E-state index is 1.17. The molecular weight excluding hydrogens is 715 g/mol. The molecule has 0 spiro atoms. The second-order valence-corrected chi connectivity index (χ2v) is 16.4. The van der Waals surface area contributed by atoms with E-state index in [2.05, 4.69) is 201 Å². The quantitative estimate of drug-likeness (QED) is 0.167. The average Bonchev–Trinajstić information content (AvgIpc) is 4.08. The highest BCUT2D eigenvalue weighted by Gasteiger charge is 2.27. The number of hydrogen-bond acceptors (Lipinski definition) is 0. The Balaban J connectivity index is 1.14. The van der Waals surface area contributed by atoms with Crippen LogP contribution in [0, 0.1) is 0 Å². The van der Waals surface area contributed by atoms with Crippen molar-refractivity contribution in [1.82, 2.24) is 13.4 Å². The molecule has 0 aliphatic rings. The summed E-state index contributed by atoms with van der Waals surface area (Å²) in [7, 11) is 0. The van der Waals surface area contributed by atoms with Gasteiger partial charge in [0.1, 0.15) is 0 Å². The first-order chi connectivity index (χ1) is 29.3. The first-order valence-corrected chi connectivity index (χ1v) is 20.5. The van der Waals surface area contributed by atoms with Crippen LogP contribution in [-0.4, -0.2) is 13.4 Å². The van der Waals surface area contributed by atoms with E-state index in [1.807, 2.05) is 0 Å². The van der Waals surface area contributed by atoms with Gasteiger partial charge in [-0.15, -0.1) is 0 Å². The Morgan fingerprint density at radius 3 is 1.64 bits per heavy atom. The Hall–Kier alpha value is -7.88. The molecule has 270 valence electrons. The predicted molar refractivity (Wildman–Crippen MR) is 251 cm³/mol. The molecule has 59 heavy (non-hydrogen) atoms. The van der Waals surface area contributed by atoms with E-state index in [-0.39, 0.29) is 0 Å². The fourth-order valence-electron chi connectivity index (χ4n) is 11.4. The van der Waals surface area contributed by atoms with Crippen LogP contribution in [0.25, 0.3) is 136 Å². The monoisotopic (exact) mass is 745 g/mol. The number of aromatic nitrogens is 3. The normalized spacial score (nSPS) is 12.7. The smallest absolute Gasteiger partial charge is 0.0627 e. The van der Waals surface area contributed by atoms with Gasteiger partial charge in [0.05, 0.1) is 44.1 Å². The molecule has 0 amide bonds. The van der Waals surface area contributed by atoms with Crippen LogP contribution in [0.4, 0.5) is 0 Å². The fraction of sp³-hybridized carbons (Fsp3) is 0. The molecule has 0 aliphatic heterocycles. The maximum Gasteiger partial charge on any atom is 0.0627 e. The zero-order valence-corrected chi connectivity index (χ0v) is 31.7. The maximum atomic E-state index is 2.61. The van der Waals surface area contributed by atoms with Gasteiger partial charge in [0.15, 0.2) is 0 Å². The molecule has 3 nitrogen and oxygen atoms in total. The number of hydrogen-bond donors (Lipinski definition) is 0. The Labute approximate surface area is 336 Å². The molecular formula is C56H31N3. The minimum Gasteiger partial charge on any atom is -0.309 e. The van der Waals surface area contributed by atoms with Crippen molar-refractivity contribution in [1.29, 1.82) is 0 Å². The molecule has 0 saturated heterocycles. The van der Waals surface area contributed by atoms with E-state index in [0.29, 0.717) is 0 Å². The third-order valence-electron chi connectivity index (χ3n) is 13.6. The Bertz CT molecular complexity index is 4290. The van der Waals surface area contributed by atoms with Gasteiger partial charge in [0, 0.05) is 65.1 Å². The molecule has 3 heteroatoms. The Morgan fingerprint density at radius 1 is 0.271 bits per heavy atom. The zero-order valence-electron chi connectivity index (χ0n) is 31.7. The fourth-order valence-corrected chi connectivity index (χ4v) is 11.4. The predicted octanol–water partition coefficient (Wildman–Crippen LogP) is 15.1. The van der Waals surface area contributed by atoms with E-state index < -0.39 is 0 Å². The van der Waals surface area contributed by atoms with Crippen LogP contribution >= 0.6 is 0 Å². The summed E-state index contributed by atoms with van der Waals surface area (Å²) in [6, 6.07) is 70.2. The van der Waals surface area contributed by atoms with Crippen LogP contribution in [0.1, 0.15) is 0 Å². The van der Waals surface area contributed by atoms with Crippen molar-refractivity contribution in [2.75, 3.05) is 0 Å². The average molecular weight is 746 g/mol. The molecule has 10 aromatic carbocycles. The molecule has 5 aromatic heterocycles. The molecule has 0 atom stereocenters. The molecule has 15 aromatic rings. The third kappa shape index (κ3) is 3.58. The van der Waals surface area contributed by atoms with Crippen LogP contribution < -0.4 is 0 Å². The summed E-state index contributed by atoms with van der Waals surface area (Å²) in [5.74, 6) is 0. The lowest BCUT2D eigenvalue weighted by molar-refractivity contribution is 1.18. The molecule has 0 radical (unpaired) electrons. The van der Waals surface area contributed by atoms with Gasteiger partial charge in [0.25, 0.3) is 0 Å². The zero-order chi connectivity index (χ0) is 38.1. The van der Waals surface area contributed by atoms with E-state index in [4.69, 9.17) is 0 Å². The highest BCUT2D eigenvalue weighted by molar-refractivity contribution is 6.41. The van der Waals surface area contributed by atoms with Gasteiger partial charge in [-0.3, -0.25) is 0 Å². The first-order valence-electron chi connectivity index (χ1n) is 20.5. The van der Waals surface area contributed by atoms with E-state index in [1.165, 1.54) is 136 Å². The number of para-hydroxylation sites is 4. The first kappa shape index (κ1) is 30.3. The Morgan fingerprint density at radius 2 is 0.847 bits per heavy atom. The van der Waals surface area contributed by atoms with Gasteiger partial charge in [-0.1, -0.05) is 127 Å². The topological polar surface area (TPSA) is 13.8 Å². The molecule has 15 rings (SSSR count). The van der Waals surface area contributed by atoms with Crippen molar-refractivity contribution >= 4 is 120 Å². The number of nitrogens with zero attached hydrogens (tertiary/aromatic N) is 3. The number of fused-ring (bicyclic) bond motifs is 20. The maximum absolute atomic E-state index is 2.61. The summed E-state index contributed by atoms with van der Waals surface area (Å²) in [4.78, 5) is 0. The summed E-state index contributed by atoms with van der Waals surface area (Å²) < 4.78 is 7.56. The molecule has 0 N–H and O–H groups in total. The van der Waals surface area contributed by atoms with Gasteiger partial charge < -0.3 is 13.4 Å². The number of benzene rings is 10. The summed E-state index contributed by atoms with van der Waals surface area (Å²) in [5.41, 5.74) is 13.7. The van der Waals surface area contributed by atoms with Gasteiger partial charge >= 0.3 is 0 Å². The Kier molecular flexibility index (Phi) is 5.41. The third-order valence-corrected chi connectivity index (χ3v) is 13.6. The van der Waals surface area contributed by atoms with E-state index in [9.17, 15) is 0 Å². The van der Waals surface area contributed by atoms with Gasteiger partial charge in [-0.2, -0.15) is 0 Å². The van der Waals surface area contributed by atoms with Crippen molar-refractivity contribution in [2.24, 2.45) is 0 Å². The summed E-state index contributed by atoms with van der Waals surface area (Å²) in [6.45, 7) is 0. The van der Waals surface area contributed by atoms with Crippen LogP contribution in [0.15, 0.2) is 188 Å². The lowest BCUT2D eigenvalue weighted by Gasteiger charge is -2.10. The van der Waals surface area contributed by atoms with Gasteiger partial charge in [-0.05, 0) is 87.8 Å². The molecule has 0 unspecified atom stereocenters. The summed E-state index contributed by atoms with van der Waals surface area (Å²) in [6.07, 6.45) is 0. The number of rotatable bonds is 2. The molecule has 5 heterocycles. The van der Waals surface area contributed by atoms with E-state index in [1.54, 1.807) is 0 Å². The van der Waals surface area contributed by atoms with Crippen LogP contribution in [0.3, 0.4) is 0 Å². The van der Waals surface area contributed by atoms with Crippen LogP contribution in [-0.2, 0) is 0 Å². The van der Waals surface area contributed by atoms with Crippen LogP contribution in [0.2, 0.25) is 0 Å². The van der Waals surface area contributed by atoms with E-state index >= 15 is 0 Å². The van der Waals surface area contributed by atoms with Crippen LogP contribution in [0.5, 0.6) is 0 Å².